The molecular weight excluding hydrogens is 426 g/mol. The summed E-state index contributed by atoms with van der Waals surface area (Å²) in [5, 5.41) is 13.4. The van der Waals surface area contributed by atoms with Crippen molar-refractivity contribution in [3.63, 3.8) is 0 Å². The van der Waals surface area contributed by atoms with E-state index >= 15 is 0 Å². The highest BCUT2D eigenvalue weighted by molar-refractivity contribution is 5.45. The Bertz CT molecular complexity index is 1090. The maximum absolute atomic E-state index is 6.12. The second kappa shape index (κ2) is 9.84. The number of rotatable bonds is 5. The Balaban J connectivity index is 1.21. The minimum Gasteiger partial charge on any atom is -0.474 e. The quantitative estimate of drug-likeness (QED) is 0.622. The predicted octanol–water partition coefficient (Wildman–Crippen LogP) is 4.00. The highest BCUT2D eigenvalue weighted by atomic mass is 16.5. The van der Waals surface area contributed by atoms with Gasteiger partial charge in [-0.3, -0.25) is 4.57 Å². The van der Waals surface area contributed by atoms with Crippen LogP contribution < -0.4 is 10.1 Å². The van der Waals surface area contributed by atoms with E-state index in [1.165, 1.54) is 11.3 Å². The fourth-order valence-electron chi connectivity index (χ4n) is 5.79. The molecule has 0 bridgehead atoms. The first-order valence-electron chi connectivity index (χ1n) is 12.8. The van der Waals surface area contributed by atoms with E-state index in [0.717, 1.165) is 82.1 Å². The lowest BCUT2D eigenvalue weighted by Gasteiger charge is -2.28. The van der Waals surface area contributed by atoms with Crippen molar-refractivity contribution in [1.82, 2.24) is 25.1 Å². The summed E-state index contributed by atoms with van der Waals surface area (Å²) in [5.74, 6) is 3.32. The van der Waals surface area contributed by atoms with Crippen molar-refractivity contribution < 1.29 is 9.47 Å². The van der Waals surface area contributed by atoms with Crippen LogP contribution in [0.3, 0.4) is 0 Å². The van der Waals surface area contributed by atoms with E-state index in [-0.39, 0.29) is 6.10 Å². The summed E-state index contributed by atoms with van der Waals surface area (Å²) in [5.41, 5.74) is 2.62. The predicted molar refractivity (Wildman–Crippen MR) is 129 cm³/mol. The minimum atomic E-state index is 0.220. The van der Waals surface area contributed by atoms with Crippen molar-refractivity contribution in [3.8, 4) is 11.6 Å². The summed E-state index contributed by atoms with van der Waals surface area (Å²) >= 11 is 0. The van der Waals surface area contributed by atoms with Gasteiger partial charge in [-0.05, 0) is 62.6 Å². The van der Waals surface area contributed by atoms with E-state index in [0.29, 0.717) is 18.0 Å². The normalized spacial score (nSPS) is 25.2. The van der Waals surface area contributed by atoms with E-state index in [9.17, 15) is 0 Å². The standard InChI is InChI=1S/C27H33N5O2/c1-2-6-24-20(5-1)17-22(29-21-12-15-33-16-13-21)18-25-30-31-27(32(24)25)19-8-10-23(11-9-19)34-26-7-3-4-14-28-26/h1-7,14,19,21-23,29H,8-13,15-18H2. The van der Waals surface area contributed by atoms with Crippen molar-refractivity contribution in [2.24, 2.45) is 0 Å². The average molecular weight is 460 g/mol. The van der Waals surface area contributed by atoms with Gasteiger partial charge in [0.15, 0.2) is 0 Å². The van der Waals surface area contributed by atoms with Gasteiger partial charge in [-0.1, -0.05) is 24.3 Å². The molecule has 7 heteroatoms. The Morgan fingerprint density at radius 2 is 1.68 bits per heavy atom. The Kier molecular flexibility index (Phi) is 6.29. The third-order valence-electron chi connectivity index (χ3n) is 7.54. The van der Waals surface area contributed by atoms with Crippen molar-refractivity contribution in [1.29, 1.82) is 0 Å². The molecular formula is C27H33N5O2. The molecule has 2 aliphatic heterocycles. The fraction of sp³-hybridized carbons (Fsp3) is 0.519. The Hall–Kier alpha value is -2.77. The summed E-state index contributed by atoms with van der Waals surface area (Å²) in [6.07, 6.45) is 10.2. The van der Waals surface area contributed by atoms with Crippen LogP contribution in [-0.2, 0) is 17.6 Å². The number of benzene rings is 1. The van der Waals surface area contributed by atoms with Crippen LogP contribution in [0.5, 0.6) is 5.88 Å². The molecule has 1 aliphatic carbocycles. The third-order valence-corrected chi connectivity index (χ3v) is 7.54. The van der Waals surface area contributed by atoms with Crippen LogP contribution in [0, 0.1) is 0 Å². The molecule has 1 saturated heterocycles. The maximum atomic E-state index is 6.12. The first-order chi connectivity index (χ1) is 16.8. The van der Waals surface area contributed by atoms with Gasteiger partial charge in [0.2, 0.25) is 5.88 Å². The highest BCUT2D eigenvalue weighted by Gasteiger charge is 2.32. The maximum Gasteiger partial charge on any atom is 0.213 e. The average Bonchev–Trinajstić information content (AvgIpc) is 3.22. The summed E-state index contributed by atoms with van der Waals surface area (Å²) < 4.78 is 14.1. The number of nitrogens with one attached hydrogen (secondary N) is 1. The molecule has 2 aromatic heterocycles. The first kappa shape index (κ1) is 21.7. The third kappa shape index (κ3) is 4.59. The molecule has 2 fully saturated rings. The lowest BCUT2D eigenvalue weighted by molar-refractivity contribution is 0.0748. The SMILES string of the molecule is c1ccc(OC2CCC(c3nnc4n3-c3ccccc3CC(NC3CCOCC3)C4)CC2)nc1. The largest absolute Gasteiger partial charge is 0.474 e. The molecule has 0 amide bonds. The number of fused-ring (bicyclic) bond motifs is 3. The summed E-state index contributed by atoms with van der Waals surface area (Å²) in [6, 6.07) is 15.5. The Morgan fingerprint density at radius 3 is 2.50 bits per heavy atom. The van der Waals surface area contributed by atoms with Gasteiger partial charge in [0.1, 0.15) is 17.8 Å². The van der Waals surface area contributed by atoms with Crippen LogP contribution in [0.4, 0.5) is 0 Å². The summed E-state index contributed by atoms with van der Waals surface area (Å²) in [4.78, 5) is 4.32. The smallest absolute Gasteiger partial charge is 0.213 e. The number of aromatic nitrogens is 4. The molecule has 178 valence electrons. The van der Waals surface area contributed by atoms with Crippen LogP contribution >= 0.6 is 0 Å². The van der Waals surface area contributed by atoms with Crippen molar-refractivity contribution in [2.75, 3.05) is 13.2 Å². The van der Waals surface area contributed by atoms with Gasteiger partial charge in [-0.25, -0.2) is 4.98 Å². The van der Waals surface area contributed by atoms with E-state index in [1.807, 2.05) is 18.2 Å². The number of para-hydroxylation sites is 1. The summed E-state index contributed by atoms with van der Waals surface area (Å²) in [7, 11) is 0. The van der Waals surface area contributed by atoms with Gasteiger partial charge in [-0.2, -0.15) is 0 Å². The van der Waals surface area contributed by atoms with Crippen molar-refractivity contribution >= 4 is 0 Å². The number of pyridine rings is 1. The van der Waals surface area contributed by atoms with E-state index in [1.54, 1.807) is 6.20 Å². The molecule has 0 spiro atoms. The topological polar surface area (TPSA) is 74.1 Å². The zero-order chi connectivity index (χ0) is 22.7. The molecule has 6 rings (SSSR count). The fourth-order valence-corrected chi connectivity index (χ4v) is 5.79. The molecule has 4 heterocycles. The molecule has 1 atom stereocenters. The van der Waals surface area contributed by atoms with Crippen LogP contribution in [0.25, 0.3) is 5.69 Å². The van der Waals surface area contributed by atoms with Gasteiger partial charge in [0.25, 0.3) is 0 Å². The monoisotopic (exact) mass is 459 g/mol. The lowest BCUT2D eigenvalue weighted by atomic mass is 9.86. The van der Waals surface area contributed by atoms with Gasteiger partial charge in [0, 0.05) is 49.9 Å². The van der Waals surface area contributed by atoms with Gasteiger partial charge >= 0.3 is 0 Å². The molecule has 7 nitrogen and oxygen atoms in total. The van der Waals surface area contributed by atoms with E-state index in [2.05, 4.69) is 39.1 Å². The van der Waals surface area contributed by atoms with E-state index in [4.69, 9.17) is 19.7 Å². The zero-order valence-electron chi connectivity index (χ0n) is 19.6. The van der Waals surface area contributed by atoms with Crippen LogP contribution in [0.1, 0.15) is 61.7 Å². The molecule has 1 saturated carbocycles. The zero-order valence-corrected chi connectivity index (χ0v) is 19.6. The Morgan fingerprint density at radius 1 is 0.853 bits per heavy atom. The second-order valence-corrected chi connectivity index (χ2v) is 9.86. The summed E-state index contributed by atoms with van der Waals surface area (Å²) in [6.45, 7) is 1.71. The lowest BCUT2D eigenvalue weighted by Crippen LogP contribution is -2.43. The highest BCUT2D eigenvalue weighted by Crippen LogP contribution is 2.36. The number of nitrogens with zero attached hydrogens (tertiary/aromatic N) is 4. The molecule has 1 N–H and O–H groups in total. The number of hydrogen-bond acceptors (Lipinski definition) is 6. The van der Waals surface area contributed by atoms with Crippen LogP contribution in [-0.4, -0.2) is 51.1 Å². The van der Waals surface area contributed by atoms with Crippen molar-refractivity contribution in [3.05, 3.63) is 65.9 Å². The van der Waals surface area contributed by atoms with Crippen LogP contribution in [0.15, 0.2) is 48.7 Å². The molecule has 3 aromatic rings. The molecule has 0 radical (unpaired) electrons. The van der Waals surface area contributed by atoms with Gasteiger partial charge in [0.05, 0.1) is 5.69 Å². The van der Waals surface area contributed by atoms with Gasteiger partial charge in [-0.15, -0.1) is 10.2 Å². The first-order valence-corrected chi connectivity index (χ1v) is 12.8. The molecule has 1 aromatic carbocycles. The van der Waals surface area contributed by atoms with Crippen molar-refractivity contribution in [2.45, 2.75) is 75.5 Å². The van der Waals surface area contributed by atoms with Crippen LogP contribution in [0.2, 0.25) is 0 Å². The molecule has 34 heavy (non-hydrogen) atoms. The Labute approximate surface area is 200 Å². The number of ether oxygens (including phenoxy) is 2. The number of hydrogen-bond donors (Lipinski definition) is 1. The molecule has 3 aliphatic rings. The van der Waals surface area contributed by atoms with Gasteiger partial charge < -0.3 is 14.8 Å². The van der Waals surface area contributed by atoms with E-state index < -0.39 is 0 Å². The molecule has 1 unspecified atom stereocenters. The second-order valence-electron chi connectivity index (χ2n) is 9.86. The minimum absolute atomic E-state index is 0.220.